The van der Waals surface area contributed by atoms with Gasteiger partial charge in [-0.15, -0.1) is 0 Å². The standard InChI is InChI=1S/C25H17N3O6/c1-32-21-10-7-16(28(30)31)13-18(21)22-11-8-17(33-22)14-26-15-6-9-23-19(12-15)25(29)27-20-4-2-3-5-24(20)34-23/h2-14H,1H3,(H,27,29). The number of nitrogens with one attached hydrogen (secondary N) is 1. The van der Waals surface area contributed by atoms with E-state index < -0.39 is 4.92 Å². The quantitative estimate of drug-likeness (QED) is 0.225. The highest BCUT2D eigenvalue weighted by molar-refractivity contribution is 6.08. The summed E-state index contributed by atoms with van der Waals surface area (Å²) in [6.45, 7) is 0. The van der Waals surface area contributed by atoms with Crippen LogP contribution in [-0.2, 0) is 0 Å². The number of aliphatic imine (C=N–C) groups is 1. The Labute approximate surface area is 193 Å². The van der Waals surface area contributed by atoms with E-state index in [1.807, 2.05) is 12.1 Å². The third kappa shape index (κ3) is 3.97. The maximum absolute atomic E-state index is 12.7. The molecule has 0 atom stereocenters. The van der Waals surface area contributed by atoms with Crippen LogP contribution in [0.1, 0.15) is 16.1 Å². The predicted molar refractivity (Wildman–Crippen MR) is 126 cm³/mol. The first-order valence-electron chi connectivity index (χ1n) is 10.2. The third-order valence-electron chi connectivity index (χ3n) is 5.19. The second-order valence-electron chi connectivity index (χ2n) is 7.33. The normalized spacial score (nSPS) is 12.3. The molecule has 1 N–H and O–H groups in total. The maximum atomic E-state index is 12.7. The molecule has 9 heteroatoms. The molecule has 1 amide bonds. The van der Waals surface area contributed by atoms with Crippen LogP contribution < -0.4 is 14.8 Å². The molecule has 0 bridgehead atoms. The first kappa shape index (κ1) is 21.0. The second kappa shape index (κ2) is 8.55. The Bertz CT molecular complexity index is 1460. The molecule has 0 spiro atoms. The van der Waals surface area contributed by atoms with Crippen molar-refractivity contribution < 1.29 is 23.6 Å². The van der Waals surface area contributed by atoms with Gasteiger partial charge in [-0.1, -0.05) is 12.1 Å². The molecule has 0 fully saturated rings. The summed E-state index contributed by atoms with van der Waals surface area (Å²) in [5.74, 6) is 1.96. The number of ether oxygens (including phenoxy) is 2. The number of rotatable bonds is 5. The van der Waals surface area contributed by atoms with E-state index in [1.165, 1.54) is 31.5 Å². The Balaban J connectivity index is 1.41. The molecule has 1 aromatic heterocycles. The van der Waals surface area contributed by atoms with Crippen molar-refractivity contribution in [2.45, 2.75) is 0 Å². The number of methoxy groups -OCH3 is 1. The number of nitro groups is 1. The number of fused-ring (bicyclic) bond motifs is 2. The molecule has 0 radical (unpaired) electrons. The SMILES string of the molecule is COc1ccc([N+](=O)[O-])cc1-c1ccc(C=Nc2ccc3c(c2)C(=O)Nc2ccccc2O3)o1. The van der Waals surface area contributed by atoms with Gasteiger partial charge in [0, 0.05) is 12.1 Å². The summed E-state index contributed by atoms with van der Waals surface area (Å²) < 4.78 is 17.0. The average Bonchev–Trinajstić information content (AvgIpc) is 3.27. The van der Waals surface area contributed by atoms with E-state index in [-0.39, 0.29) is 11.6 Å². The lowest BCUT2D eigenvalue weighted by Crippen LogP contribution is -2.10. The zero-order valence-electron chi connectivity index (χ0n) is 17.8. The largest absolute Gasteiger partial charge is 0.496 e. The van der Waals surface area contributed by atoms with Crippen LogP contribution in [0.2, 0.25) is 0 Å². The zero-order chi connectivity index (χ0) is 23.7. The van der Waals surface area contributed by atoms with E-state index >= 15 is 0 Å². The molecule has 1 aliphatic heterocycles. The van der Waals surface area contributed by atoms with E-state index in [0.29, 0.717) is 51.3 Å². The van der Waals surface area contributed by atoms with E-state index in [0.717, 1.165) is 0 Å². The average molecular weight is 455 g/mol. The van der Waals surface area contributed by atoms with Gasteiger partial charge < -0.3 is 19.2 Å². The van der Waals surface area contributed by atoms with Crippen molar-refractivity contribution in [1.82, 2.24) is 0 Å². The predicted octanol–water partition coefficient (Wildman–Crippen LogP) is 5.97. The highest BCUT2D eigenvalue weighted by atomic mass is 16.6. The summed E-state index contributed by atoms with van der Waals surface area (Å²) in [6.07, 6.45) is 1.50. The minimum absolute atomic E-state index is 0.0740. The minimum Gasteiger partial charge on any atom is -0.496 e. The van der Waals surface area contributed by atoms with Crippen LogP contribution in [0.4, 0.5) is 17.1 Å². The lowest BCUT2D eigenvalue weighted by Gasteiger charge is -2.07. The number of furan rings is 1. The number of hydrogen-bond acceptors (Lipinski definition) is 7. The van der Waals surface area contributed by atoms with Crippen molar-refractivity contribution in [3.8, 4) is 28.6 Å². The van der Waals surface area contributed by atoms with Gasteiger partial charge in [-0.3, -0.25) is 19.9 Å². The van der Waals surface area contributed by atoms with Crippen molar-refractivity contribution in [1.29, 1.82) is 0 Å². The van der Waals surface area contributed by atoms with Crippen LogP contribution in [0.25, 0.3) is 11.3 Å². The van der Waals surface area contributed by atoms with Crippen LogP contribution in [0.3, 0.4) is 0 Å². The van der Waals surface area contributed by atoms with Crippen molar-refractivity contribution in [3.05, 3.63) is 94.2 Å². The van der Waals surface area contributed by atoms with Gasteiger partial charge in [-0.05, 0) is 48.5 Å². The summed E-state index contributed by atoms with van der Waals surface area (Å²) in [5.41, 5.74) is 1.85. The Morgan fingerprint density at radius 2 is 1.85 bits per heavy atom. The number of nitro benzene ring substituents is 1. The van der Waals surface area contributed by atoms with Crippen LogP contribution in [0, 0.1) is 10.1 Å². The molecule has 0 saturated carbocycles. The van der Waals surface area contributed by atoms with E-state index in [2.05, 4.69) is 10.3 Å². The molecule has 3 aromatic carbocycles. The van der Waals surface area contributed by atoms with Crippen LogP contribution in [-0.4, -0.2) is 24.2 Å². The highest BCUT2D eigenvalue weighted by Gasteiger charge is 2.21. The third-order valence-corrected chi connectivity index (χ3v) is 5.19. The fraction of sp³-hybridized carbons (Fsp3) is 0.0400. The molecule has 0 saturated heterocycles. The molecule has 0 unspecified atom stereocenters. The molecular formula is C25H17N3O6. The Kier molecular flexibility index (Phi) is 5.27. The summed E-state index contributed by atoms with van der Waals surface area (Å²) in [4.78, 5) is 27.7. The number of non-ortho nitro benzene ring substituents is 1. The van der Waals surface area contributed by atoms with E-state index in [4.69, 9.17) is 13.9 Å². The van der Waals surface area contributed by atoms with Crippen LogP contribution >= 0.6 is 0 Å². The van der Waals surface area contributed by atoms with Crippen molar-refractivity contribution in [2.24, 2.45) is 4.99 Å². The number of nitrogens with zero attached hydrogens (tertiary/aromatic N) is 2. The maximum Gasteiger partial charge on any atom is 0.270 e. The monoisotopic (exact) mass is 455 g/mol. The van der Waals surface area contributed by atoms with Gasteiger partial charge in [0.1, 0.15) is 23.0 Å². The fourth-order valence-corrected chi connectivity index (χ4v) is 3.54. The Morgan fingerprint density at radius 3 is 2.68 bits per heavy atom. The molecule has 1 aliphatic rings. The number of hydrogen-bond donors (Lipinski definition) is 1. The van der Waals surface area contributed by atoms with Crippen LogP contribution in [0.5, 0.6) is 17.2 Å². The first-order valence-corrected chi connectivity index (χ1v) is 10.2. The van der Waals surface area contributed by atoms with Crippen LogP contribution in [0.15, 0.2) is 82.2 Å². The smallest absolute Gasteiger partial charge is 0.270 e. The summed E-state index contributed by atoms with van der Waals surface area (Å²) in [7, 11) is 1.48. The van der Waals surface area contributed by atoms with Gasteiger partial charge in [-0.25, -0.2) is 0 Å². The minimum atomic E-state index is -0.481. The van der Waals surface area contributed by atoms with Gasteiger partial charge in [0.15, 0.2) is 5.75 Å². The van der Waals surface area contributed by atoms with E-state index in [1.54, 1.807) is 42.5 Å². The fourth-order valence-electron chi connectivity index (χ4n) is 3.54. The van der Waals surface area contributed by atoms with Gasteiger partial charge in [-0.2, -0.15) is 0 Å². The van der Waals surface area contributed by atoms with Crippen molar-refractivity contribution >= 4 is 29.2 Å². The molecule has 34 heavy (non-hydrogen) atoms. The van der Waals surface area contributed by atoms with Gasteiger partial charge >= 0.3 is 0 Å². The number of anilines is 1. The second-order valence-corrected chi connectivity index (χ2v) is 7.33. The molecule has 5 rings (SSSR count). The van der Waals surface area contributed by atoms with Gasteiger partial charge in [0.05, 0.1) is 40.7 Å². The summed E-state index contributed by atoms with van der Waals surface area (Å²) in [5, 5.41) is 14.0. The first-order chi connectivity index (χ1) is 16.5. The number of para-hydroxylation sites is 2. The van der Waals surface area contributed by atoms with Gasteiger partial charge in [0.2, 0.25) is 0 Å². The number of amides is 1. The zero-order valence-corrected chi connectivity index (χ0v) is 17.8. The molecule has 9 nitrogen and oxygen atoms in total. The lowest BCUT2D eigenvalue weighted by atomic mass is 10.1. The highest BCUT2D eigenvalue weighted by Crippen LogP contribution is 2.37. The summed E-state index contributed by atoms with van der Waals surface area (Å²) in [6, 6.07) is 19.9. The number of benzene rings is 3. The topological polar surface area (TPSA) is 116 Å². The molecule has 4 aromatic rings. The van der Waals surface area contributed by atoms with Crippen molar-refractivity contribution in [2.75, 3.05) is 12.4 Å². The Hall–Kier alpha value is -4.92. The lowest BCUT2D eigenvalue weighted by molar-refractivity contribution is -0.384. The Morgan fingerprint density at radius 1 is 1.00 bits per heavy atom. The van der Waals surface area contributed by atoms with Gasteiger partial charge in [0.25, 0.3) is 11.6 Å². The number of carbonyl (C=O) groups is 1. The molecular weight excluding hydrogens is 438 g/mol. The summed E-state index contributed by atoms with van der Waals surface area (Å²) >= 11 is 0. The van der Waals surface area contributed by atoms with Crippen molar-refractivity contribution in [3.63, 3.8) is 0 Å². The molecule has 2 heterocycles. The number of carbonyl (C=O) groups excluding carboxylic acids is 1. The molecule has 0 aliphatic carbocycles. The van der Waals surface area contributed by atoms with E-state index in [9.17, 15) is 14.9 Å². The molecule has 168 valence electrons.